The van der Waals surface area contributed by atoms with Gasteiger partial charge in [0.1, 0.15) is 18.6 Å². The summed E-state index contributed by atoms with van der Waals surface area (Å²) >= 11 is 1.26. The average molecular weight is 502 g/mol. The van der Waals surface area contributed by atoms with E-state index in [1.54, 1.807) is 0 Å². The van der Waals surface area contributed by atoms with Crippen molar-refractivity contribution < 1.29 is 34.5 Å². The van der Waals surface area contributed by atoms with Crippen LogP contribution in [0.1, 0.15) is 35.3 Å². The van der Waals surface area contributed by atoms with Gasteiger partial charge in [-0.3, -0.25) is 19.2 Å². The molecule has 3 rings (SSSR count). The van der Waals surface area contributed by atoms with Crippen LogP contribution in [0.2, 0.25) is 0 Å². The van der Waals surface area contributed by atoms with Gasteiger partial charge in [0, 0.05) is 12.2 Å². The molecule has 0 aromatic heterocycles. The molecule has 0 fully saturated rings. The molecule has 0 saturated heterocycles. The first-order valence-corrected chi connectivity index (χ1v) is 12.0. The van der Waals surface area contributed by atoms with Crippen molar-refractivity contribution in [1.82, 2.24) is 10.6 Å². The zero-order chi connectivity index (χ0) is 25.5. The molecule has 2 amide bonds. The Balaban J connectivity index is 1.76. The molecule has 0 saturated carbocycles. The van der Waals surface area contributed by atoms with E-state index in [2.05, 4.69) is 10.6 Å². The zero-order valence-corrected chi connectivity index (χ0v) is 19.5. The van der Waals surface area contributed by atoms with Crippen LogP contribution in [0.15, 0.2) is 48.5 Å². The Labute approximate surface area is 205 Å². The minimum atomic E-state index is -1.24. The van der Waals surface area contributed by atoms with E-state index >= 15 is 0 Å². The van der Waals surface area contributed by atoms with Crippen molar-refractivity contribution in [2.45, 2.75) is 36.3 Å². The Hall–Kier alpha value is -3.41. The van der Waals surface area contributed by atoms with Gasteiger partial charge in [-0.15, -0.1) is 11.8 Å². The number of fused-ring (bicyclic) bond motifs is 3. The number of aliphatic carboxylic acids is 2. The van der Waals surface area contributed by atoms with E-state index in [9.17, 15) is 24.3 Å². The fourth-order valence-electron chi connectivity index (χ4n) is 3.85. The van der Waals surface area contributed by atoms with Gasteiger partial charge in [0.25, 0.3) is 0 Å². The molecule has 4 atom stereocenters. The molecule has 0 heterocycles. The van der Waals surface area contributed by atoms with E-state index in [1.807, 2.05) is 48.5 Å². The van der Waals surface area contributed by atoms with E-state index in [1.165, 1.54) is 11.8 Å². The molecule has 7 N–H and O–H groups in total. The molecule has 0 bridgehead atoms. The number of carbonyl (C=O) groups is 4. The summed E-state index contributed by atoms with van der Waals surface area (Å²) in [6.07, 6.45) is -1.20. The van der Waals surface area contributed by atoms with Gasteiger partial charge in [-0.1, -0.05) is 48.5 Å². The predicted octanol–water partition coefficient (Wildman–Crippen LogP) is 1.05. The Bertz CT molecular complexity index is 1110. The molecule has 1 aliphatic rings. The summed E-state index contributed by atoms with van der Waals surface area (Å²) in [6, 6.07) is 12.8. The Morgan fingerprint density at radius 3 is 2.20 bits per heavy atom. The van der Waals surface area contributed by atoms with Crippen LogP contribution in [0, 0.1) is 0 Å². The molecule has 0 spiro atoms. The summed E-state index contributed by atoms with van der Waals surface area (Å²) in [6.45, 7) is -0.623. The number of rotatable bonds is 11. The fraction of sp³-hybridized carbons (Fsp3) is 0.333. The summed E-state index contributed by atoms with van der Waals surface area (Å²) in [5.41, 5.74) is 8.95. The fourth-order valence-corrected chi connectivity index (χ4v) is 5.20. The van der Waals surface area contributed by atoms with E-state index in [4.69, 9.17) is 15.9 Å². The molecule has 0 aliphatic heterocycles. The molecule has 10 nitrogen and oxygen atoms in total. The first kappa shape index (κ1) is 26.2. The maximum atomic E-state index is 12.6. The van der Waals surface area contributed by atoms with Crippen molar-refractivity contribution in [2.75, 3.05) is 12.3 Å². The van der Waals surface area contributed by atoms with Crippen LogP contribution >= 0.6 is 11.8 Å². The van der Waals surface area contributed by atoms with Crippen LogP contribution in [0.3, 0.4) is 0 Å². The monoisotopic (exact) mass is 501 g/mol. The lowest BCUT2D eigenvalue weighted by Crippen LogP contribution is -2.49. The molecule has 0 radical (unpaired) electrons. The van der Waals surface area contributed by atoms with Gasteiger partial charge in [-0.05, 0) is 28.7 Å². The number of hydrogen-bond acceptors (Lipinski definition) is 7. The van der Waals surface area contributed by atoms with Crippen molar-refractivity contribution in [3.05, 3.63) is 59.7 Å². The lowest BCUT2D eigenvalue weighted by molar-refractivity contribution is -0.139. The highest BCUT2D eigenvalue weighted by Crippen LogP contribution is 2.50. The highest BCUT2D eigenvalue weighted by molar-refractivity contribution is 7.99. The lowest BCUT2D eigenvalue weighted by Gasteiger charge is -2.33. The number of carbonyl (C=O) groups excluding carboxylic acids is 2. The maximum Gasteiger partial charge on any atom is 0.322 e. The van der Waals surface area contributed by atoms with Gasteiger partial charge in [0.15, 0.2) is 0 Å². The van der Waals surface area contributed by atoms with Crippen LogP contribution < -0.4 is 16.4 Å². The van der Waals surface area contributed by atoms with Gasteiger partial charge < -0.3 is 31.7 Å². The number of hydrogen-bond donors (Lipinski definition) is 6. The van der Waals surface area contributed by atoms with Crippen molar-refractivity contribution in [3.8, 4) is 11.1 Å². The van der Waals surface area contributed by atoms with E-state index in [0.717, 1.165) is 22.3 Å². The summed E-state index contributed by atoms with van der Waals surface area (Å²) in [7, 11) is 0. The topological polar surface area (TPSA) is 179 Å². The molecular formula is C24H27N3O7S. The van der Waals surface area contributed by atoms with Crippen molar-refractivity contribution >= 4 is 35.5 Å². The van der Waals surface area contributed by atoms with Gasteiger partial charge in [0.05, 0.1) is 11.4 Å². The quantitative estimate of drug-likeness (QED) is 0.262. The second-order valence-corrected chi connectivity index (χ2v) is 9.26. The normalized spacial score (nSPS) is 17.9. The first-order chi connectivity index (χ1) is 16.7. The smallest absolute Gasteiger partial charge is 0.322 e. The maximum absolute atomic E-state index is 12.6. The number of aliphatic hydroxyl groups excluding tert-OH is 1. The van der Waals surface area contributed by atoms with Gasteiger partial charge >= 0.3 is 11.9 Å². The number of nitrogens with one attached hydrogen (secondary N) is 2. The molecule has 2 aromatic carbocycles. The molecule has 35 heavy (non-hydrogen) atoms. The third-order valence-corrected chi connectivity index (χ3v) is 7.03. The average Bonchev–Trinajstić information content (AvgIpc) is 2.84. The lowest BCUT2D eigenvalue weighted by atomic mass is 9.83. The third-order valence-electron chi connectivity index (χ3n) is 5.63. The van der Waals surface area contributed by atoms with Crippen molar-refractivity contribution in [2.24, 2.45) is 5.73 Å². The number of benzene rings is 2. The SMILES string of the molecule is N[C@@H](CCC(=O)N[C@@H](CS[C@H]1c2ccccc2-c2ccccc2[C@@H]1O)C(=O)NCC(=O)O)C(=O)O. The van der Waals surface area contributed by atoms with E-state index in [-0.39, 0.29) is 18.6 Å². The number of aliphatic hydroxyl groups is 1. The van der Waals surface area contributed by atoms with Crippen molar-refractivity contribution in [1.29, 1.82) is 0 Å². The van der Waals surface area contributed by atoms with E-state index in [0.29, 0.717) is 0 Å². The van der Waals surface area contributed by atoms with Crippen LogP contribution in [0.25, 0.3) is 11.1 Å². The van der Waals surface area contributed by atoms with Crippen LogP contribution in [0.4, 0.5) is 0 Å². The largest absolute Gasteiger partial charge is 0.480 e. The van der Waals surface area contributed by atoms with Crippen LogP contribution in [0.5, 0.6) is 0 Å². The number of carboxylic acid groups (broad SMARTS) is 2. The molecule has 2 aromatic rings. The molecule has 0 unspecified atom stereocenters. The molecule has 11 heteroatoms. The Morgan fingerprint density at radius 1 is 0.971 bits per heavy atom. The minimum Gasteiger partial charge on any atom is -0.480 e. The third kappa shape index (κ3) is 6.59. The number of carboxylic acids is 2. The Kier molecular flexibility index (Phi) is 8.85. The van der Waals surface area contributed by atoms with Gasteiger partial charge in [-0.2, -0.15) is 0 Å². The van der Waals surface area contributed by atoms with Crippen molar-refractivity contribution in [3.63, 3.8) is 0 Å². The highest BCUT2D eigenvalue weighted by atomic mass is 32.2. The predicted molar refractivity (Wildman–Crippen MR) is 129 cm³/mol. The molecule has 1 aliphatic carbocycles. The standard InChI is InChI=1S/C24H27N3O7S/c25-17(24(33)34)9-10-19(28)27-18(23(32)26-11-20(29)30)12-35-22-16-8-4-2-6-14(16)13-5-1-3-7-15(13)21(22)31/h1-8,17-18,21-22,31H,9-12,25H2,(H,26,32)(H,27,28)(H,29,30)(H,33,34)/t17-,18-,21-,22-/m0/s1. The first-order valence-electron chi connectivity index (χ1n) is 10.9. The summed E-state index contributed by atoms with van der Waals surface area (Å²) in [5.74, 6) is -3.73. The summed E-state index contributed by atoms with van der Waals surface area (Å²) < 4.78 is 0. The second kappa shape index (κ2) is 11.8. The van der Waals surface area contributed by atoms with Crippen LogP contribution in [-0.2, 0) is 19.2 Å². The van der Waals surface area contributed by atoms with Gasteiger partial charge in [0.2, 0.25) is 11.8 Å². The van der Waals surface area contributed by atoms with E-state index < -0.39 is 53.7 Å². The number of nitrogens with two attached hydrogens (primary N) is 1. The summed E-state index contributed by atoms with van der Waals surface area (Å²) in [4.78, 5) is 46.8. The number of thioether (sulfide) groups is 1. The number of amides is 2. The second-order valence-electron chi connectivity index (χ2n) is 8.09. The summed E-state index contributed by atoms with van der Waals surface area (Å²) in [5, 5.41) is 33.2. The molecule has 186 valence electrons. The Morgan fingerprint density at radius 2 is 1.57 bits per heavy atom. The molecular weight excluding hydrogens is 474 g/mol. The highest BCUT2D eigenvalue weighted by Gasteiger charge is 2.34. The van der Waals surface area contributed by atoms with Crippen LogP contribution in [-0.4, -0.2) is 63.5 Å². The zero-order valence-electron chi connectivity index (χ0n) is 18.7. The van der Waals surface area contributed by atoms with Gasteiger partial charge in [-0.25, -0.2) is 0 Å². The minimum absolute atomic E-state index is 0.0421.